The molecule has 0 fully saturated rings. The van der Waals surface area contributed by atoms with Crippen LogP contribution >= 0.6 is 23.1 Å². The summed E-state index contributed by atoms with van der Waals surface area (Å²) in [5, 5.41) is 2.31. The fourth-order valence-corrected chi connectivity index (χ4v) is 5.19. The van der Waals surface area contributed by atoms with Crippen LogP contribution in [0.25, 0.3) is 21.3 Å². The van der Waals surface area contributed by atoms with Crippen LogP contribution < -0.4 is 5.56 Å². The summed E-state index contributed by atoms with van der Waals surface area (Å²) < 4.78 is 5.55. The van der Waals surface area contributed by atoms with E-state index in [2.05, 4.69) is 9.97 Å². The molecule has 3 aromatic heterocycles. The largest absolute Gasteiger partial charge is 0.464 e. The van der Waals surface area contributed by atoms with Gasteiger partial charge in [-0.3, -0.25) is 9.59 Å². The van der Waals surface area contributed by atoms with E-state index in [0.717, 1.165) is 22.6 Å². The summed E-state index contributed by atoms with van der Waals surface area (Å²) >= 11 is 2.91. The molecule has 4 aromatic rings. The summed E-state index contributed by atoms with van der Waals surface area (Å²) in [5.41, 5.74) is 1.74. The van der Waals surface area contributed by atoms with E-state index in [1.54, 1.807) is 11.9 Å². The van der Waals surface area contributed by atoms with Crippen molar-refractivity contribution in [2.75, 3.05) is 7.05 Å². The molecule has 0 spiro atoms. The highest BCUT2D eigenvalue weighted by atomic mass is 32.2. The van der Waals surface area contributed by atoms with E-state index >= 15 is 0 Å². The van der Waals surface area contributed by atoms with Gasteiger partial charge in [0.15, 0.2) is 0 Å². The maximum atomic E-state index is 12.8. The Bertz CT molecular complexity index is 1260. The fraction of sp³-hybridized carbons (Fsp3) is 0.261. The molecular weight excluding hydrogens is 430 g/mol. The number of aryl methyl sites for hydroxylation is 1. The molecule has 1 amide bonds. The van der Waals surface area contributed by atoms with Gasteiger partial charge < -0.3 is 14.3 Å². The van der Waals surface area contributed by atoms with Gasteiger partial charge in [0, 0.05) is 18.0 Å². The fourth-order valence-electron chi connectivity index (χ4n) is 3.36. The van der Waals surface area contributed by atoms with Crippen molar-refractivity contribution in [1.29, 1.82) is 0 Å². The van der Waals surface area contributed by atoms with Crippen molar-refractivity contribution in [3.63, 3.8) is 0 Å². The number of aromatic nitrogens is 2. The van der Waals surface area contributed by atoms with E-state index in [4.69, 9.17) is 4.42 Å². The minimum atomic E-state index is -0.273. The molecule has 0 aliphatic rings. The molecule has 0 saturated carbocycles. The summed E-state index contributed by atoms with van der Waals surface area (Å²) in [6, 6.07) is 13.6. The Morgan fingerprint density at radius 2 is 2.03 bits per heavy atom. The van der Waals surface area contributed by atoms with E-state index in [0.29, 0.717) is 28.3 Å². The Morgan fingerprint density at radius 1 is 1.26 bits per heavy atom. The normalized spacial score (nSPS) is 12.2. The standard InChI is InChI=1S/C23H23N3O3S2/c1-14-9-10-17(29-14)11-26(3)23(28)15(2)30-13-19-24-21(27)20-18(12-31-22(20)25-19)16-7-5-4-6-8-16/h4-10,12,15H,11,13H2,1-3H3,(H,24,25,27). The van der Waals surface area contributed by atoms with Crippen molar-refractivity contribution in [3.8, 4) is 11.1 Å². The molecule has 4 rings (SSSR count). The lowest BCUT2D eigenvalue weighted by atomic mass is 10.1. The number of aromatic amines is 1. The Morgan fingerprint density at radius 3 is 2.74 bits per heavy atom. The lowest BCUT2D eigenvalue weighted by Crippen LogP contribution is -2.32. The number of benzene rings is 1. The molecular formula is C23H23N3O3S2. The number of hydrogen-bond acceptors (Lipinski definition) is 6. The van der Waals surface area contributed by atoms with E-state index in [9.17, 15) is 9.59 Å². The van der Waals surface area contributed by atoms with Gasteiger partial charge in [0.25, 0.3) is 5.56 Å². The van der Waals surface area contributed by atoms with Crippen LogP contribution in [0.15, 0.2) is 57.1 Å². The number of rotatable bonds is 7. The third-order valence-corrected chi connectivity index (χ3v) is 6.97. The molecule has 8 heteroatoms. The first-order valence-corrected chi connectivity index (χ1v) is 11.8. The van der Waals surface area contributed by atoms with Crippen molar-refractivity contribution in [3.05, 3.63) is 75.5 Å². The smallest absolute Gasteiger partial charge is 0.260 e. The van der Waals surface area contributed by atoms with E-state index in [1.165, 1.54) is 23.1 Å². The molecule has 1 N–H and O–H groups in total. The molecule has 6 nitrogen and oxygen atoms in total. The van der Waals surface area contributed by atoms with Crippen LogP contribution in [0, 0.1) is 6.92 Å². The number of nitrogens with zero attached hydrogens (tertiary/aromatic N) is 2. The van der Waals surface area contributed by atoms with Crippen molar-refractivity contribution < 1.29 is 9.21 Å². The average molecular weight is 454 g/mol. The number of carbonyl (C=O) groups is 1. The lowest BCUT2D eigenvalue weighted by molar-refractivity contribution is -0.129. The Hall–Kier alpha value is -2.84. The van der Waals surface area contributed by atoms with E-state index in [-0.39, 0.29) is 16.7 Å². The number of hydrogen-bond donors (Lipinski definition) is 1. The minimum Gasteiger partial charge on any atom is -0.464 e. The zero-order valence-corrected chi connectivity index (χ0v) is 19.2. The molecule has 3 heterocycles. The zero-order chi connectivity index (χ0) is 22.0. The second-order valence-electron chi connectivity index (χ2n) is 7.37. The minimum absolute atomic E-state index is 0.00460. The molecule has 0 aliphatic heterocycles. The maximum Gasteiger partial charge on any atom is 0.260 e. The summed E-state index contributed by atoms with van der Waals surface area (Å²) in [7, 11) is 1.76. The van der Waals surface area contributed by atoms with Gasteiger partial charge in [-0.15, -0.1) is 23.1 Å². The highest BCUT2D eigenvalue weighted by Gasteiger charge is 2.20. The highest BCUT2D eigenvalue weighted by Crippen LogP contribution is 2.31. The first kappa shape index (κ1) is 21.4. The quantitative estimate of drug-likeness (QED) is 0.433. The lowest BCUT2D eigenvalue weighted by Gasteiger charge is -2.20. The van der Waals surface area contributed by atoms with Crippen LogP contribution in [-0.4, -0.2) is 33.1 Å². The number of carbonyl (C=O) groups excluding carboxylic acids is 1. The van der Waals surface area contributed by atoms with Crippen LogP contribution in [0.1, 0.15) is 24.3 Å². The first-order valence-electron chi connectivity index (χ1n) is 9.90. The van der Waals surface area contributed by atoms with Crippen LogP contribution in [0.3, 0.4) is 0 Å². The Labute approximate surface area is 188 Å². The zero-order valence-electron chi connectivity index (χ0n) is 17.5. The number of thioether (sulfide) groups is 1. The maximum absolute atomic E-state index is 12.8. The topological polar surface area (TPSA) is 79.2 Å². The van der Waals surface area contributed by atoms with Crippen molar-refractivity contribution >= 4 is 39.2 Å². The van der Waals surface area contributed by atoms with Crippen LogP contribution in [0.4, 0.5) is 0 Å². The van der Waals surface area contributed by atoms with Crippen LogP contribution in [0.5, 0.6) is 0 Å². The second-order valence-corrected chi connectivity index (χ2v) is 9.56. The summed E-state index contributed by atoms with van der Waals surface area (Å²) in [5.74, 6) is 2.61. The molecule has 0 aliphatic carbocycles. The monoisotopic (exact) mass is 453 g/mol. The van der Waals surface area contributed by atoms with Crippen LogP contribution in [-0.2, 0) is 17.1 Å². The molecule has 160 valence electrons. The summed E-state index contributed by atoms with van der Waals surface area (Å²) in [4.78, 5) is 35.3. The molecule has 1 aromatic carbocycles. The predicted molar refractivity (Wildman–Crippen MR) is 126 cm³/mol. The number of H-pyrrole nitrogens is 1. The van der Waals surface area contributed by atoms with Gasteiger partial charge in [-0.05, 0) is 31.5 Å². The molecule has 1 atom stereocenters. The first-order chi connectivity index (χ1) is 14.9. The summed E-state index contributed by atoms with van der Waals surface area (Å²) in [6.07, 6.45) is 0. The number of fused-ring (bicyclic) bond motifs is 1. The number of furan rings is 1. The summed E-state index contributed by atoms with van der Waals surface area (Å²) in [6.45, 7) is 4.17. The predicted octanol–water partition coefficient (Wildman–Crippen LogP) is 4.83. The number of nitrogens with one attached hydrogen (secondary N) is 1. The van der Waals surface area contributed by atoms with Gasteiger partial charge in [0.2, 0.25) is 5.91 Å². The van der Waals surface area contributed by atoms with Crippen LogP contribution in [0.2, 0.25) is 0 Å². The SMILES string of the molecule is Cc1ccc(CN(C)C(=O)C(C)SCc2nc3scc(-c4ccccc4)c3c(=O)[nH]2)o1. The van der Waals surface area contributed by atoms with E-state index in [1.807, 2.05) is 61.7 Å². The molecule has 0 saturated heterocycles. The third kappa shape index (κ3) is 4.75. The van der Waals surface area contributed by atoms with Crippen molar-refractivity contribution in [2.24, 2.45) is 0 Å². The van der Waals surface area contributed by atoms with Crippen molar-refractivity contribution in [2.45, 2.75) is 31.4 Å². The Kier molecular flexibility index (Phi) is 6.29. The molecule has 31 heavy (non-hydrogen) atoms. The molecule has 0 bridgehead atoms. The Balaban J connectivity index is 1.44. The molecule has 0 radical (unpaired) electrons. The van der Waals surface area contributed by atoms with Gasteiger partial charge in [-0.2, -0.15) is 0 Å². The van der Waals surface area contributed by atoms with Gasteiger partial charge in [-0.1, -0.05) is 30.3 Å². The average Bonchev–Trinajstić information content (AvgIpc) is 3.38. The van der Waals surface area contributed by atoms with Gasteiger partial charge in [0.1, 0.15) is 22.2 Å². The van der Waals surface area contributed by atoms with E-state index < -0.39 is 0 Å². The van der Waals surface area contributed by atoms with Gasteiger partial charge in [0.05, 0.1) is 22.9 Å². The van der Waals surface area contributed by atoms with Gasteiger partial charge >= 0.3 is 0 Å². The second kappa shape index (κ2) is 9.11. The van der Waals surface area contributed by atoms with Gasteiger partial charge in [-0.25, -0.2) is 4.98 Å². The molecule has 1 unspecified atom stereocenters. The third-order valence-electron chi connectivity index (χ3n) is 4.96. The number of amides is 1. The highest BCUT2D eigenvalue weighted by molar-refractivity contribution is 7.99. The number of thiophene rings is 1. The van der Waals surface area contributed by atoms with Crippen molar-refractivity contribution in [1.82, 2.24) is 14.9 Å².